The highest BCUT2D eigenvalue weighted by Crippen LogP contribution is 2.33. The molecule has 6 heteroatoms. The molecule has 1 unspecified atom stereocenters. The van der Waals surface area contributed by atoms with E-state index < -0.39 is 0 Å². The van der Waals surface area contributed by atoms with Crippen molar-refractivity contribution in [2.75, 3.05) is 18.5 Å². The highest BCUT2D eigenvalue weighted by atomic mass is 16.5. The minimum atomic E-state index is -0.0990. The minimum Gasteiger partial charge on any atom is -0.494 e. The maximum Gasteiger partial charge on any atom is 0.322 e. The lowest BCUT2D eigenvalue weighted by Crippen LogP contribution is -2.41. The Morgan fingerprint density at radius 1 is 1.20 bits per heavy atom. The fourth-order valence-electron chi connectivity index (χ4n) is 3.84. The van der Waals surface area contributed by atoms with Gasteiger partial charge in [0.15, 0.2) is 0 Å². The van der Waals surface area contributed by atoms with Crippen molar-refractivity contribution in [3.05, 3.63) is 77.6 Å². The van der Waals surface area contributed by atoms with Gasteiger partial charge in [-0.25, -0.2) is 4.79 Å². The van der Waals surface area contributed by atoms with Crippen molar-refractivity contribution in [2.45, 2.75) is 32.2 Å². The molecule has 1 aromatic heterocycles. The number of nitrogens with one attached hydrogen (secondary N) is 1. The Labute approximate surface area is 177 Å². The van der Waals surface area contributed by atoms with E-state index in [9.17, 15) is 4.79 Å². The van der Waals surface area contributed by atoms with Crippen LogP contribution in [0.25, 0.3) is 0 Å². The SMILES string of the molecule is CCCCOc1ccc(NC(=O)N2Cc3ccccc3C(c3cnn(C)c3)C2)cc1. The van der Waals surface area contributed by atoms with E-state index in [0.717, 1.165) is 29.8 Å². The van der Waals surface area contributed by atoms with E-state index in [4.69, 9.17) is 4.74 Å². The number of benzene rings is 2. The molecule has 2 heterocycles. The van der Waals surface area contributed by atoms with Crippen molar-refractivity contribution in [1.29, 1.82) is 0 Å². The predicted octanol–water partition coefficient (Wildman–Crippen LogP) is 4.78. The smallest absolute Gasteiger partial charge is 0.322 e. The number of anilines is 1. The van der Waals surface area contributed by atoms with Gasteiger partial charge < -0.3 is 15.0 Å². The maximum absolute atomic E-state index is 13.0. The molecule has 1 N–H and O–H groups in total. The summed E-state index contributed by atoms with van der Waals surface area (Å²) in [5.74, 6) is 0.939. The van der Waals surface area contributed by atoms with Crippen molar-refractivity contribution in [2.24, 2.45) is 7.05 Å². The second-order valence-corrected chi connectivity index (χ2v) is 7.74. The second-order valence-electron chi connectivity index (χ2n) is 7.74. The Kier molecular flexibility index (Phi) is 6.02. The fraction of sp³-hybridized carbons (Fsp3) is 0.333. The van der Waals surface area contributed by atoms with E-state index in [0.29, 0.717) is 19.7 Å². The first kappa shape index (κ1) is 20.0. The van der Waals surface area contributed by atoms with Gasteiger partial charge in [-0.3, -0.25) is 4.68 Å². The van der Waals surface area contributed by atoms with E-state index in [1.807, 2.05) is 54.7 Å². The van der Waals surface area contributed by atoms with Gasteiger partial charge >= 0.3 is 6.03 Å². The average Bonchev–Trinajstić information content (AvgIpc) is 3.20. The number of hydrogen-bond acceptors (Lipinski definition) is 3. The van der Waals surface area contributed by atoms with Gasteiger partial charge in [0.05, 0.1) is 12.8 Å². The van der Waals surface area contributed by atoms with Crippen molar-refractivity contribution < 1.29 is 9.53 Å². The number of carbonyl (C=O) groups is 1. The number of unbranched alkanes of at least 4 members (excludes halogenated alkanes) is 1. The number of hydrogen-bond donors (Lipinski definition) is 1. The monoisotopic (exact) mass is 404 g/mol. The summed E-state index contributed by atoms with van der Waals surface area (Å²) in [6.07, 6.45) is 6.06. The van der Waals surface area contributed by atoms with Crippen molar-refractivity contribution in [3.63, 3.8) is 0 Å². The van der Waals surface area contributed by atoms with Crippen molar-refractivity contribution >= 4 is 11.7 Å². The number of aryl methyl sites for hydroxylation is 1. The fourth-order valence-corrected chi connectivity index (χ4v) is 3.84. The lowest BCUT2D eigenvalue weighted by atomic mass is 9.86. The Hall–Kier alpha value is -3.28. The standard InChI is InChI=1S/C24H28N4O2/c1-3-4-13-30-21-11-9-20(10-12-21)26-24(29)28-16-18-7-5-6-8-22(18)23(17-28)19-14-25-27(2)15-19/h5-12,14-15,23H,3-4,13,16-17H2,1-2H3,(H,26,29). The van der Waals surface area contributed by atoms with E-state index in [1.54, 1.807) is 4.68 Å². The first-order chi connectivity index (χ1) is 14.6. The summed E-state index contributed by atoms with van der Waals surface area (Å²) in [5.41, 5.74) is 4.33. The van der Waals surface area contributed by atoms with Gasteiger partial charge in [0.25, 0.3) is 0 Å². The summed E-state index contributed by atoms with van der Waals surface area (Å²) in [6, 6.07) is 15.8. The number of rotatable bonds is 6. The van der Waals surface area contributed by atoms with E-state index in [1.165, 1.54) is 11.1 Å². The molecule has 3 aromatic rings. The largest absolute Gasteiger partial charge is 0.494 e. The Morgan fingerprint density at radius 2 is 2.00 bits per heavy atom. The third-order valence-corrected chi connectivity index (χ3v) is 5.48. The van der Waals surface area contributed by atoms with Crippen LogP contribution in [0.3, 0.4) is 0 Å². The van der Waals surface area contributed by atoms with Crippen LogP contribution in [-0.2, 0) is 13.6 Å². The topological polar surface area (TPSA) is 59.4 Å². The molecule has 2 amide bonds. The molecule has 2 aromatic carbocycles. The number of carbonyl (C=O) groups excluding carboxylic acids is 1. The molecule has 0 radical (unpaired) electrons. The molecule has 1 atom stereocenters. The Bertz CT molecular complexity index is 996. The summed E-state index contributed by atoms with van der Waals surface area (Å²) in [4.78, 5) is 14.9. The molecule has 0 bridgehead atoms. The van der Waals surface area contributed by atoms with E-state index in [2.05, 4.69) is 35.5 Å². The predicted molar refractivity (Wildman–Crippen MR) is 118 cm³/mol. The minimum absolute atomic E-state index is 0.0990. The summed E-state index contributed by atoms with van der Waals surface area (Å²) >= 11 is 0. The van der Waals surface area contributed by atoms with Gasteiger partial charge in [-0.1, -0.05) is 37.6 Å². The molecular formula is C24H28N4O2. The highest BCUT2D eigenvalue weighted by Gasteiger charge is 2.29. The average molecular weight is 405 g/mol. The lowest BCUT2D eigenvalue weighted by molar-refractivity contribution is 0.203. The molecule has 0 saturated heterocycles. The maximum atomic E-state index is 13.0. The number of aromatic nitrogens is 2. The Balaban J connectivity index is 1.46. The van der Waals surface area contributed by atoms with Gasteiger partial charge in [0, 0.05) is 37.9 Å². The Morgan fingerprint density at radius 3 is 2.73 bits per heavy atom. The van der Waals surface area contributed by atoms with E-state index in [-0.39, 0.29) is 11.9 Å². The molecule has 0 fully saturated rings. The number of amides is 2. The molecule has 0 saturated carbocycles. The summed E-state index contributed by atoms with van der Waals surface area (Å²) in [7, 11) is 1.92. The molecule has 30 heavy (non-hydrogen) atoms. The van der Waals surface area contributed by atoms with Gasteiger partial charge in [0.2, 0.25) is 0 Å². The zero-order chi connectivity index (χ0) is 20.9. The van der Waals surface area contributed by atoms with E-state index >= 15 is 0 Å². The lowest BCUT2D eigenvalue weighted by Gasteiger charge is -2.34. The van der Waals surface area contributed by atoms with Crippen LogP contribution in [0, 0.1) is 0 Å². The van der Waals surface area contributed by atoms with Crippen molar-refractivity contribution in [3.8, 4) is 5.75 Å². The summed E-state index contributed by atoms with van der Waals surface area (Å²) in [5, 5.41) is 7.35. The zero-order valence-corrected chi connectivity index (χ0v) is 17.5. The molecule has 1 aliphatic heterocycles. The molecule has 6 nitrogen and oxygen atoms in total. The van der Waals surface area contributed by atoms with Crippen LogP contribution in [0.4, 0.5) is 10.5 Å². The molecule has 0 spiro atoms. The van der Waals surface area contributed by atoms with Crippen LogP contribution in [-0.4, -0.2) is 33.9 Å². The first-order valence-electron chi connectivity index (χ1n) is 10.5. The quantitative estimate of drug-likeness (QED) is 0.602. The third-order valence-electron chi connectivity index (χ3n) is 5.48. The molecule has 4 rings (SSSR count). The van der Waals surface area contributed by atoms with Crippen LogP contribution in [0.2, 0.25) is 0 Å². The number of nitrogens with zero attached hydrogens (tertiary/aromatic N) is 3. The van der Waals surface area contributed by atoms with Gasteiger partial charge in [-0.2, -0.15) is 5.10 Å². The second kappa shape index (κ2) is 9.03. The van der Waals surface area contributed by atoms with Crippen LogP contribution in [0.1, 0.15) is 42.4 Å². The van der Waals surface area contributed by atoms with Crippen LogP contribution in [0.5, 0.6) is 5.75 Å². The third kappa shape index (κ3) is 4.48. The van der Waals surface area contributed by atoms with Gasteiger partial charge in [-0.05, 0) is 47.4 Å². The normalized spacial score (nSPS) is 15.5. The van der Waals surface area contributed by atoms with Crippen molar-refractivity contribution in [1.82, 2.24) is 14.7 Å². The van der Waals surface area contributed by atoms with Gasteiger partial charge in [-0.15, -0.1) is 0 Å². The number of urea groups is 1. The summed E-state index contributed by atoms with van der Waals surface area (Å²) < 4.78 is 7.50. The summed E-state index contributed by atoms with van der Waals surface area (Å²) in [6.45, 7) is 4.06. The van der Waals surface area contributed by atoms with Crippen LogP contribution in [0.15, 0.2) is 60.9 Å². The highest BCUT2D eigenvalue weighted by molar-refractivity contribution is 5.89. The zero-order valence-electron chi connectivity index (χ0n) is 17.5. The van der Waals surface area contributed by atoms with Gasteiger partial charge in [0.1, 0.15) is 5.75 Å². The van der Waals surface area contributed by atoms with Crippen LogP contribution < -0.4 is 10.1 Å². The number of ether oxygens (including phenoxy) is 1. The molecule has 1 aliphatic rings. The van der Waals surface area contributed by atoms with Crippen LogP contribution >= 0.6 is 0 Å². The molecular weight excluding hydrogens is 376 g/mol. The first-order valence-corrected chi connectivity index (χ1v) is 10.5. The number of fused-ring (bicyclic) bond motifs is 1. The molecule has 156 valence electrons. The molecule has 0 aliphatic carbocycles.